The van der Waals surface area contributed by atoms with Crippen LogP contribution < -0.4 is 4.90 Å². The van der Waals surface area contributed by atoms with Gasteiger partial charge in [0.15, 0.2) is 6.04 Å². The Morgan fingerprint density at radius 2 is 1.90 bits per heavy atom. The number of carbonyl (C=O) groups excluding carboxylic acids is 1. The molecule has 108 valence electrons. The zero-order chi connectivity index (χ0) is 14.8. The van der Waals surface area contributed by atoms with Crippen molar-refractivity contribution in [2.24, 2.45) is 4.99 Å². The van der Waals surface area contributed by atoms with Crippen LogP contribution in [-0.2, 0) is 0 Å². The molecule has 0 aliphatic carbocycles. The van der Waals surface area contributed by atoms with E-state index in [1.165, 1.54) is 0 Å². The number of carbonyl (C=O) groups is 1. The predicted molar refractivity (Wildman–Crippen MR) is 78.4 cm³/mol. The second-order valence-electron chi connectivity index (χ2n) is 6.57. The lowest BCUT2D eigenvalue weighted by atomic mass is 10.0. The Labute approximate surface area is 119 Å². The van der Waals surface area contributed by atoms with Crippen LogP contribution in [0.15, 0.2) is 4.99 Å². The minimum absolute atomic E-state index is 0.0178. The molecule has 0 fully saturated rings. The third kappa shape index (κ3) is 1.53. The highest BCUT2D eigenvalue weighted by molar-refractivity contribution is 5.93. The molecule has 1 aromatic heterocycles. The second-order valence-corrected chi connectivity index (χ2v) is 6.57. The van der Waals surface area contributed by atoms with Gasteiger partial charge in [-0.1, -0.05) is 0 Å². The lowest BCUT2D eigenvalue weighted by Gasteiger charge is -2.44. The highest BCUT2D eigenvalue weighted by Crippen LogP contribution is 2.34. The lowest BCUT2D eigenvalue weighted by Crippen LogP contribution is -2.60. The molecule has 2 aliphatic heterocycles. The Bertz CT molecular complexity index is 610. The van der Waals surface area contributed by atoms with Gasteiger partial charge in [-0.15, -0.1) is 0 Å². The third-order valence-electron chi connectivity index (χ3n) is 4.21. The molecule has 0 saturated heterocycles. The molecule has 0 radical (unpaired) electrons. The third-order valence-corrected chi connectivity index (χ3v) is 4.21. The van der Waals surface area contributed by atoms with Crippen LogP contribution in [0, 0.1) is 13.8 Å². The first-order valence-corrected chi connectivity index (χ1v) is 6.88. The Hall–Kier alpha value is -1.85. The lowest BCUT2D eigenvalue weighted by molar-refractivity contribution is 0.0790. The largest absolute Gasteiger partial charge is 0.335 e. The summed E-state index contributed by atoms with van der Waals surface area (Å²) in [5, 5.41) is 0. The van der Waals surface area contributed by atoms with E-state index >= 15 is 0 Å². The number of anilines is 1. The Morgan fingerprint density at radius 3 is 2.50 bits per heavy atom. The maximum absolute atomic E-state index is 12.7. The van der Waals surface area contributed by atoms with E-state index in [4.69, 9.17) is 0 Å². The number of hydrogen-bond acceptors (Lipinski definition) is 5. The van der Waals surface area contributed by atoms with Gasteiger partial charge in [0.1, 0.15) is 6.17 Å². The Morgan fingerprint density at radius 1 is 1.25 bits per heavy atom. The van der Waals surface area contributed by atoms with E-state index in [2.05, 4.69) is 40.5 Å². The van der Waals surface area contributed by atoms with Crippen LogP contribution in [0.25, 0.3) is 0 Å². The van der Waals surface area contributed by atoms with Gasteiger partial charge < -0.3 is 9.80 Å². The standard InChI is InChI=1S/C14H21N5O/c1-8-9(2)19-12(20)10-11(17(6)13(19)16-8)18(7-15-10)14(3,4)5/h7,10-11H,1-6H3. The highest BCUT2D eigenvalue weighted by Gasteiger charge is 2.48. The first kappa shape index (κ1) is 13.1. The molecule has 0 bridgehead atoms. The summed E-state index contributed by atoms with van der Waals surface area (Å²) < 4.78 is 1.69. The number of rotatable bonds is 0. The van der Waals surface area contributed by atoms with Gasteiger partial charge in [0.25, 0.3) is 5.91 Å². The number of fused-ring (bicyclic) bond motifs is 2. The second kappa shape index (κ2) is 3.84. The summed E-state index contributed by atoms with van der Waals surface area (Å²) in [6, 6.07) is -0.376. The molecule has 3 heterocycles. The van der Waals surface area contributed by atoms with E-state index in [1.807, 2.05) is 20.9 Å². The fourth-order valence-electron chi connectivity index (χ4n) is 2.94. The monoisotopic (exact) mass is 275 g/mol. The van der Waals surface area contributed by atoms with Crippen molar-refractivity contribution in [3.8, 4) is 0 Å². The number of imidazole rings is 1. The van der Waals surface area contributed by atoms with Crippen molar-refractivity contribution in [1.82, 2.24) is 14.5 Å². The molecule has 0 saturated carbocycles. The molecule has 6 nitrogen and oxygen atoms in total. The average molecular weight is 275 g/mol. The summed E-state index contributed by atoms with van der Waals surface area (Å²) in [6.45, 7) is 10.2. The molecular formula is C14H21N5O. The van der Waals surface area contributed by atoms with Crippen LogP contribution in [-0.4, -0.2) is 51.5 Å². The topological polar surface area (TPSA) is 53.7 Å². The van der Waals surface area contributed by atoms with Gasteiger partial charge in [0.2, 0.25) is 5.95 Å². The zero-order valence-electron chi connectivity index (χ0n) is 12.9. The molecule has 2 unspecified atom stereocenters. The molecule has 1 aromatic rings. The number of likely N-dealkylation sites (N-methyl/N-ethyl adjacent to an activating group) is 1. The maximum atomic E-state index is 12.7. The molecule has 0 aromatic carbocycles. The van der Waals surface area contributed by atoms with E-state index < -0.39 is 0 Å². The number of aryl methyl sites for hydroxylation is 1. The van der Waals surface area contributed by atoms with E-state index in [-0.39, 0.29) is 23.7 Å². The molecular weight excluding hydrogens is 254 g/mol. The highest BCUT2D eigenvalue weighted by atomic mass is 16.2. The fourth-order valence-corrected chi connectivity index (χ4v) is 2.94. The summed E-state index contributed by atoms with van der Waals surface area (Å²) in [5.41, 5.74) is 1.71. The van der Waals surface area contributed by atoms with Crippen LogP contribution in [0.5, 0.6) is 0 Å². The summed E-state index contributed by atoms with van der Waals surface area (Å²) in [7, 11) is 1.98. The molecule has 3 rings (SSSR count). The van der Waals surface area contributed by atoms with E-state index in [1.54, 1.807) is 10.9 Å². The minimum Gasteiger partial charge on any atom is -0.335 e. The molecule has 0 N–H and O–H groups in total. The van der Waals surface area contributed by atoms with E-state index in [9.17, 15) is 4.79 Å². The molecule has 2 aliphatic rings. The first-order valence-electron chi connectivity index (χ1n) is 6.88. The smallest absolute Gasteiger partial charge is 0.262 e. The van der Waals surface area contributed by atoms with Crippen molar-refractivity contribution in [2.45, 2.75) is 52.4 Å². The predicted octanol–water partition coefficient (Wildman–Crippen LogP) is 1.43. The quantitative estimate of drug-likeness (QED) is 0.718. The van der Waals surface area contributed by atoms with Crippen molar-refractivity contribution < 1.29 is 4.79 Å². The normalized spacial score (nSPS) is 25.2. The van der Waals surface area contributed by atoms with Crippen LogP contribution in [0.1, 0.15) is 37.0 Å². The SMILES string of the molecule is Cc1nc2n(c1C)C(=O)C1N=CN(C(C)(C)C)C1N2C. The Balaban J connectivity index is 2.12. The first-order chi connectivity index (χ1) is 9.23. The summed E-state index contributed by atoms with van der Waals surface area (Å²) in [6.07, 6.45) is 1.72. The van der Waals surface area contributed by atoms with Gasteiger partial charge in [-0.2, -0.15) is 0 Å². The van der Waals surface area contributed by atoms with Crippen molar-refractivity contribution in [1.29, 1.82) is 0 Å². The van der Waals surface area contributed by atoms with Gasteiger partial charge in [0, 0.05) is 18.3 Å². The van der Waals surface area contributed by atoms with Crippen molar-refractivity contribution in [2.75, 3.05) is 11.9 Å². The van der Waals surface area contributed by atoms with E-state index in [0.29, 0.717) is 5.95 Å². The zero-order valence-corrected chi connectivity index (χ0v) is 12.9. The number of aromatic nitrogens is 2. The Kier molecular flexibility index (Phi) is 2.52. The van der Waals surface area contributed by atoms with Gasteiger partial charge in [-0.05, 0) is 34.6 Å². The number of nitrogens with zero attached hydrogens (tertiary/aromatic N) is 5. The van der Waals surface area contributed by atoms with E-state index in [0.717, 1.165) is 11.4 Å². The van der Waals surface area contributed by atoms with Crippen LogP contribution in [0.4, 0.5) is 5.95 Å². The van der Waals surface area contributed by atoms with Crippen LogP contribution in [0.2, 0.25) is 0 Å². The molecule has 0 amide bonds. The maximum Gasteiger partial charge on any atom is 0.262 e. The molecule has 2 atom stereocenters. The molecule has 6 heteroatoms. The molecule has 0 spiro atoms. The minimum atomic E-state index is -0.376. The van der Waals surface area contributed by atoms with Gasteiger partial charge in [-0.3, -0.25) is 14.4 Å². The van der Waals surface area contributed by atoms with Crippen molar-refractivity contribution >= 4 is 18.2 Å². The van der Waals surface area contributed by atoms with Gasteiger partial charge >= 0.3 is 0 Å². The average Bonchev–Trinajstić information content (AvgIpc) is 2.90. The number of hydrogen-bond donors (Lipinski definition) is 0. The number of aliphatic imine (C=N–C) groups is 1. The van der Waals surface area contributed by atoms with Crippen LogP contribution in [0.3, 0.4) is 0 Å². The van der Waals surface area contributed by atoms with Gasteiger partial charge in [-0.25, -0.2) is 4.98 Å². The van der Waals surface area contributed by atoms with Crippen molar-refractivity contribution in [3.63, 3.8) is 0 Å². The molecule has 20 heavy (non-hydrogen) atoms. The fraction of sp³-hybridized carbons (Fsp3) is 0.643. The summed E-state index contributed by atoms with van der Waals surface area (Å²) >= 11 is 0. The van der Waals surface area contributed by atoms with Crippen LogP contribution >= 0.6 is 0 Å². The van der Waals surface area contributed by atoms with Gasteiger partial charge in [0.05, 0.1) is 12.0 Å². The van der Waals surface area contributed by atoms with Crippen molar-refractivity contribution in [3.05, 3.63) is 11.4 Å². The summed E-state index contributed by atoms with van der Waals surface area (Å²) in [5.74, 6) is 0.732. The summed E-state index contributed by atoms with van der Waals surface area (Å²) in [4.78, 5) is 25.9.